The quantitative estimate of drug-likeness (QED) is 0.762. The summed E-state index contributed by atoms with van der Waals surface area (Å²) in [7, 11) is 6.43. The average molecular weight is 249 g/mol. The van der Waals surface area contributed by atoms with Crippen molar-refractivity contribution in [3.8, 4) is 0 Å². The van der Waals surface area contributed by atoms with Gasteiger partial charge in [-0.2, -0.15) is 0 Å². The maximum absolute atomic E-state index is 3.40. The molecule has 3 nitrogen and oxygen atoms in total. The molecule has 0 amide bonds. The van der Waals surface area contributed by atoms with E-state index in [0.29, 0.717) is 0 Å². The number of hydrogen-bond acceptors (Lipinski definition) is 3. The van der Waals surface area contributed by atoms with E-state index in [1.165, 1.54) is 17.7 Å². The summed E-state index contributed by atoms with van der Waals surface area (Å²) in [5, 5.41) is 3.40. The minimum atomic E-state index is 0.949. The van der Waals surface area contributed by atoms with E-state index in [2.05, 4.69) is 67.4 Å². The number of nitrogens with one attached hydrogen (secondary N) is 1. The third kappa shape index (κ3) is 5.07. The number of hydrogen-bond donors (Lipinski definition) is 1. The Morgan fingerprint density at radius 2 is 1.78 bits per heavy atom. The van der Waals surface area contributed by atoms with E-state index in [-0.39, 0.29) is 0 Å². The zero-order valence-corrected chi connectivity index (χ0v) is 12.2. The Morgan fingerprint density at radius 3 is 2.44 bits per heavy atom. The molecule has 0 atom stereocenters. The second kappa shape index (κ2) is 8.11. The normalized spacial score (nSPS) is 10.9. The van der Waals surface area contributed by atoms with E-state index in [1.807, 2.05) is 0 Å². The van der Waals surface area contributed by atoms with E-state index >= 15 is 0 Å². The molecule has 0 spiro atoms. The highest BCUT2D eigenvalue weighted by Crippen LogP contribution is 2.19. The Kier molecular flexibility index (Phi) is 6.76. The maximum atomic E-state index is 3.40. The Labute approximate surface area is 112 Å². The minimum absolute atomic E-state index is 0.949. The zero-order chi connectivity index (χ0) is 13.4. The van der Waals surface area contributed by atoms with Crippen LogP contribution < -0.4 is 10.2 Å². The fourth-order valence-electron chi connectivity index (χ4n) is 2.04. The number of anilines is 1. The van der Waals surface area contributed by atoms with Crippen molar-refractivity contribution in [1.29, 1.82) is 0 Å². The lowest BCUT2D eigenvalue weighted by molar-refractivity contribution is 0.401. The summed E-state index contributed by atoms with van der Waals surface area (Å²) < 4.78 is 0. The fraction of sp³-hybridized carbons (Fsp3) is 0.600. The zero-order valence-electron chi connectivity index (χ0n) is 12.2. The molecule has 0 saturated carbocycles. The predicted molar refractivity (Wildman–Crippen MR) is 80.3 cm³/mol. The largest absolute Gasteiger partial charge is 0.374 e. The van der Waals surface area contributed by atoms with Crippen LogP contribution in [0.1, 0.15) is 18.9 Å². The van der Waals surface area contributed by atoms with Crippen LogP contribution in [-0.4, -0.2) is 45.7 Å². The molecule has 0 aromatic heterocycles. The average Bonchev–Trinajstić information content (AvgIpc) is 2.36. The molecule has 0 bridgehead atoms. The van der Waals surface area contributed by atoms with Crippen LogP contribution in [-0.2, 0) is 6.54 Å². The maximum Gasteiger partial charge on any atom is 0.0409 e. The van der Waals surface area contributed by atoms with Gasteiger partial charge in [-0.25, -0.2) is 0 Å². The van der Waals surface area contributed by atoms with Crippen LogP contribution in [0, 0.1) is 0 Å². The summed E-state index contributed by atoms with van der Waals surface area (Å²) in [4.78, 5) is 4.59. The van der Waals surface area contributed by atoms with Gasteiger partial charge in [-0.3, -0.25) is 0 Å². The van der Waals surface area contributed by atoms with Crippen molar-refractivity contribution >= 4 is 5.69 Å². The third-order valence-electron chi connectivity index (χ3n) is 3.07. The number of benzene rings is 1. The molecule has 0 saturated heterocycles. The van der Waals surface area contributed by atoms with Gasteiger partial charge in [-0.1, -0.05) is 25.1 Å². The van der Waals surface area contributed by atoms with Crippen LogP contribution in [0.4, 0.5) is 5.69 Å². The third-order valence-corrected chi connectivity index (χ3v) is 3.07. The Hall–Kier alpha value is -1.06. The standard InChI is InChI=1S/C15H27N3/c1-5-16-13-14-9-6-7-10-15(14)18(4)12-8-11-17(2)3/h6-7,9-10,16H,5,8,11-13H2,1-4H3. The molecule has 1 aromatic carbocycles. The lowest BCUT2D eigenvalue weighted by Crippen LogP contribution is -2.25. The van der Waals surface area contributed by atoms with Gasteiger partial charge < -0.3 is 15.1 Å². The predicted octanol–water partition coefficient (Wildman–Crippen LogP) is 2.18. The molecular weight excluding hydrogens is 222 g/mol. The summed E-state index contributed by atoms with van der Waals surface area (Å²) in [6.45, 7) is 6.34. The fourth-order valence-corrected chi connectivity index (χ4v) is 2.04. The van der Waals surface area contributed by atoms with E-state index < -0.39 is 0 Å². The monoisotopic (exact) mass is 249 g/mol. The first-order chi connectivity index (χ1) is 8.65. The van der Waals surface area contributed by atoms with Crippen molar-refractivity contribution in [2.45, 2.75) is 19.9 Å². The highest BCUT2D eigenvalue weighted by atomic mass is 15.1. The van der Waals surface area contributed by atoms with Gasteiger partial charge in [0.05, 0.1) is 0 Å². The van der Waals surface area contributed by atoms with Gasteiger partial charge in [0.1, 0.15) is 0 Å². The summed E-state index contributed by atoms with van der Waals surface area (Å²) in [5.41, 5.74) is 2.73. The van der Waals surface area contributed by atoms with Crippen LogP contribution in [0.25, 0.3) is 0 Å². The molecule has 0 aliphatic rings. The summed E-state index contributed by atoms with van der Waals surface area (Å²) >= 11 is 0. The Balaban J connectivity index is 2.57. The van der Waals surface area contributed by atoms with Crippen LogP contribution in [0.5, 0.6) is 0 Å². The minimum Gasteiger partial charge on any atom is -0.374 e. The van der Waals surface area contributed by atoms with Gasteiger partial charge in [0, 0.05) is 25.8 Å². The first-order valence-corrected chi connectivity index (χ1v) is 6.79. The van der Waals surface area contributed by atoms with E-state index in [9.17, 15) is 0 Å². The molecule has 1 rings (SSSR count). The summed E-state index contributed by atoms with van der Waals surface area (Å²) in [6, 6.07) is 8.65. The lowest BCUT2D eigenvalue weighted by Gasteiger charge is -2.23. The van der Waals surface area contributed by atoms with Crippen molar-refractivity contribution in [2.24, 2.45) is 0 Å². The molecule has 0 aliphatic heterocycles. The van der Waals surface area contributed by atoms with Crippen LogP contribution in [0.15, 0.2) is 24.3 Å². The van der Waals surface area contributed by atoms with Crippen molar-refractivity contribution in [3.05, 3.63) is 29.8 Å². The smallest absolute Gasteiger partial charge is 0.0409 e. The van der Waals surface area contributed by atoms with Gasteiger partial charge in [0.2, 0.25) is 0 Å². The molecule has 1 aromatic rings. The van der Waals surface area contributed by atoms with Crippen LogP contribution >= 0.6 is 0 Å². The van der Waals surface area contributed by atoms with Gasteiger partial charge in [-0.05, 0) is 45.2 Å². The number of para-hydroxylation sites is 1. The molecule has 102 valence electrons. The molecular formula is C15H27N3. The highest BCUT2D eigenvalue weighted by Gasteiger charge is 2.06. The van der Waals surface area contributed by atoms with Crippen molar-refractivity contribution in [3.63, 3.8) is 0 Å². The first-order valence-electron chi connectivity index (χ1n) is 6.79. The molecule has 0 unspecified atom stereocenters. The van der Waals surface area contributed by atoms with Crippen molar-refractivity contribution in [2.75, 3.05) is 45.7 Å². The topological polar surface area (TPSA) is 18.5 Å². The van der Waals surface area contributed by atoms with Crippen molar-refractivity contribution in [1.82, 2.24) is 10.2 Å². The van der Waals surface area contributed by atoms with Crippen molar-refractivity contribution < 1.29 is 0 Å². The number of nitrogens with zero attached hydrogens (tertiary/aromatic N) is 2. The highest BCUT2D eigenvalue weighted by molar-refractivity contribution is 5.52. The molecule has 1 N–H and O–H groups in total. The Morgan fingerprint density at radius 1 is 1.06 bits per heavy atom. The first kappa shape index (κ1) is 15.0. The van der Waals surface area contributed by atoms with Crippen LogP contribution in [0.3, 0.4) is 0 Å². The van der Waals surface area contributed by atoms with E-state index in [0.717, 1.165) is 26.2 Å². The SMILES string of the molecule is CCNCc1ccccc1N(C)CCCN(C)C. The molecule has 18 heavy (non-hydrogen) atoms. The molecule has 0 heterocycles. The lowest BCUT2D eigenvalue weighted by atomic mass is 10.1. The van der Waals surface area contributed by atoms with E-state index in [4.69, 9.17) is 0 Å². The van der Waals surface area contributed by atoms with Gasteiger partial charge in [-0.15, -0.1) is 0 Å². The molecule has 0 aliphatic carbocycles. The Bertz CT molecular complexity index is 336. The molecule has 3 heteroatoms. The van der Waals surface area contributed by atoms with Gasteiger partial charge >= 0.3 is 0 Å². The van der Waals surface area contributed by atoms with E-state index in [1.54, 1.807) is 0 Å². The summed E-state index contributed by atoms with van der Waals surface area (Å²) in [6.07, 6.45) is 1.19. The second-order valence-electron chi connectivity index (χ2n) is 4.99. The van der Waals surface area contributed by atoms with Gasteiger partial charge in [0.25, 0.3) is 0 Å². The van der Waals surface area contributed by atoms with Crippen LogP contribution in [0.2, 0.25) is 0 Å². The van der Waals surface area contributed by atoms with Gasteiger partial charge in [0.15, 0.2) is 0 Å². The molecule has 0 radical (unpaired) electrons. The number of rotatable bonds is 8. The molecule has 0 fully saturated rings. The second-order valence-corrected chi connectivity index (χ2v) is 4.99. The summed E-state index contributed by atoms with van der Waals surface area (Å²) in [5.74, 6) is 0.